The fourth-order valence-electron chi connectivity index (χ4n) is 4.69. The molecule has 0 saturated carbocycles. The normalized spacial score (nSPS) is 15.5. The van der Waals surface area contributed by atoms with Gasteiger partial charge in [0.05, 0.1) is 22.4 Å². The summed E-state index contributed by atoms with van der Waals surface area (Å²) in [5.41, 5.74) is 3.37. The Kier molecular flexibility index (Phi) is 7.96. The molecule has 0 saturated heterocycles. The summed E-state index contributed by atoms with van der Waals surface area (Å²) in [6, 6.07) is 17.2. The molecule has 0 bridgehead atoms. The van der Waals surface area contributed by atoms with Crippen molar-refractivity contribution < 1.29 is 14.0 Å². The third-order valence-electron chi connectivity index (χ3n) is 6.54. The maximum Gasteiger partial charge on any atom is 0.240 e. The molecule has 2 amide bonds. The number of anilines is 1. The number of benzene rings is 2. The van der Waals surface area contributed by atoms with E-state index in [1.54, 1.807) is 35.3 Å². The first kappa shape index (κ1) is 27.9. The molecule has 206 valence electrons. The van der Waals surface area contributed by atoms with E-state index in [0.717, 1.165) is 22.4 Å². The van der Waals surface area contributed by atoms with Gasteiger partial charge in [0.2, 0.25) is 11.8 Å². The number of fused-ring (bicyclic) bond motifs is 1. The molecule has 1 N–H and O–H groups in total. The van der Waals surface area contributed by atoms with E-state index in [1.807, 2.05) is 51.1 Å². The Morgan fingerprint density at radius 3 is 2.58 bits per heavy atom. The monoisotopic (exact) mass is 577 g/mol. The average Bonchev–Trinajstić information content (AvgIpc) is 3.26. The van der Waals surface area contributed by atoms with E-state index in [1.165, 1.54) is 28.8 Å². The van der Waals surface area contributed by atoms with Crippen molar-refractivity contribution in [3.63, 3.8) is 0 Å². The summed E-state index contributed by atoms with van der Waals surface area (Å²) in [5, 5.41) is 8.05. The molecule has 1 unspecified atom stereocenters. The number of nitrogens with zero attached hydrogens (tertiary/aromatic N) is 4. The van der Waals surface area contributed by atoms with Gasteiger partial charge in [0.25, 0.3) is 0 Å². The summed E-state index contributed by atoms with van der Waals surface area (Å²) in [6.45, 7) is 6.23. The van der Waals surface area contributed by atoms with Crippen LogP contribution < -0.4 is 10.2 Å². The lowest BCUT2D eigenvalue weighted by atomic mass is 9.87. The Bertz CT molecular complexity index is 1550. The largest absolute Gasteiger partial charge is 0.350 e. The number of hydrogen-bond acceptors (Lipinski definition) is 5. The van der Waals surface area contributed by atoms with Crippen LogP contribution in [0.5, 0.6) is 0 Å². The summed E-state index contributed by atoms with van der Waals surface area (Å²) in [6.07, 6.45) is 3.32. The zero-order chi connectivity index (χ0) is 28.4. The highest BCUT2D eigenvalue weighted by Crippen LogP contribution is 2.48. The fraction of sp³-hybridized carbons (Fsp3) is 0.267. The van der Waals surface area contributed by atoms with Gasteiger partial charge in [-0.2, -0.15) is 5.10 Å². The number of thioether (sulfide) groups is 1. The summed E-state index contributed by atoms with van der Waals surface area (Å²) >= 11 is 7.77. The van der Waals surface area contributed by atoms with Crippen LogP contribution in [0.15, 0.2) is 73.1 Å². The summed E-state index contributed by atoms with van der Waals surface area (Å²) in [5.74, 6) is -0.334. The highest BCUT2D eigenvalue weighted by atomic mass is 35.5. The molecule has 7 nitrogen and oxygen atoms in total. The van der Waals surface area contributed by atoms with Crippen molar-refractivity contribution in [2.45, 2.75) is 38.0 Å². The van der Waals surface area contributed by atoms with Gasteiger partial charge in [-0.3, -0.25) is 19.5 Å². The highest BCUT2D eigenvalue weighted by molar-refractivity contribution is 8.00. The molecule has 40 heavy (non-hydrogen) atoms. The van der Waals surface area contributed by atoms with Gasteiger partial charge in [0, 0.05) is 34.9 Å². The minimum Gasteiger partial charge on any atom is -0.350 e. The van der Waals surface area contributed by atoms with Crippen LogP contribution in [0.4, 0.5) is 10.2 Å². The summed E-state index contributed by atoms with van der Waals surface area (Å²) in [7, 11) is 0. The molecule has 1 aliphatic heterocycles. The molecule has 1 atom stereocenters. The SMILES string of the molecule is CC(C)(C)c1nn(-c2cccc(Cl)c2)c2c1C(c1cccc(F)c1)SCC(=O)N2CC(=O)NCc1ccncc1. The smallest absolute Gasteiger partial charge is 0.240 e. The van der Waals surface area contributed by atoms with Gasteiger partial charge in [-0.05, 0) is 53.6 Å². The molecule has 5 rings (SSSR count). The zero-order valence-corrected chi connectivity index (χ0v) is 24.0. The van der Waals surface area contributed by atoms with Crippen molar-refractivity contribution >= 4 is 41.0 Å². The summed E-state index contributed by atoms with van der Waals surface area (Å²) in [4.78, 5) is 32.4. The highest BCUT2D eigenvalue weighted by Gasteiger charge is 2.40. The number of pyridine rings is 1. The molecule has 4 aromatic rings. The Labute approximate surface area is 241 Å². The first-order chi connectivity index (χ1) is 19.1. The number of nitrogens with one attached hydrogen (secondary N) is 1. The van der Waals surface area contributed by atoms with Crippen molar-refractivity contribution in [3.8, 4) is 5.69 Å². The lowest BCUT2D eigenvalue weighted by Gasteiger charge is -2.24. The van der Waals surface area contributed by atoms with Gasteiger partial charge in [-0.25, -0.2) is 9.07 Å². The van der Waals surface area contributed by atoms with E-state index < -0.39 is 5.41 Å². The maximum atomic E-state index is 14.4. The van der Waals surface area contributed by atoms with Crippen LogP contribution in [-0.2, 0) is 21.5 Å². The predicted molar refractivity (Wildman–Crippen MR) is 156 cm³/mol. The van der Waals surface area contributed by atoms with E-state index in [0.29, 0.717) is 23.1 Å². The Hall–Kier alpha value is -3.69. The molecule has 2 aromatic carbocycles. The first-order valence-corrected chi connectivity index (χ1v) is 14.3. The van der Waals surface area contributed by atoms with Crippen LogP contribution >= 0.6 is 23.4 Å². The van der Waals surface area contributed by atoms with Crippen LogP contribution in [-0.4, -0.2) is 38.9 Å². The van der Waals surface area contributed by atoms with Crippen molar-refractivity contribution in [2.75, 3.05) is 17.2 Å². The number of amides is 2. The van der Waals surface area contributed by atoms with Crippen molar-refractivity contribution in [1.82, 2.24) is 20.1 Å². The topological polar surface area (TPSA) is 80.1 Å². The second-order valence-corrected chi connectivity index (χ2v) is 12.1. The minimum atomic E-state index is -0.428. The number of hydrogen-bond donors (Lipinski definition) is 1. The number of carbonyl (C=O) groups excluding carboxylic acids is 2. The van der Waals surface area contributed by atoms with Crippen molar-refractivity contribution in [3.05, 3.63) is 106 Å². The third-order valence-corrected chi connectivity index (χ3v) is 8.03. The zero-order valence-electron chi connectivity index (χ0n) is 22.4. The van der Waals surface area contributed by atoms with Gasteiger partial charge >= 0.3 is 0 Å². The standard InChI is InChI=1S/C30H29ClFN5O2S/c1-30(2,3)28-26-27(20-6-4-8-22(32)14-20)40-18-25(39)36(17-24(38)34-16-19-10-12-33-13-11-19)29(26)37(35-28)23-9-5-7-21(31)15-23/h4-15,27H,16-18H2,1-3H3,(H,34,38). The van der Waals surface area contributed by atoms with Gasteiger partial charge in [-0.15, -0.1) is 11.8 Å². The molecule has 3 heterocycles. The van der Waals surface area contributed by atoms with Crippen LogP contribution in [0.25, 0.3) is 5.69 Å². The quantitative estimate of drug-likeness (QED) is 0.311. The minimum absolute atomic E-state index is 0.104. The Balaban J connectivity index is 1.66. The molecule has 10 heteroatoms. The van der Waals surface area contributed by atoms with Crippen molar-refractivity contribution in [2.24, 2.45) is 0 Å². The van der Waals surface area contributed by atoms with Crippen LogP contribution in [0, 0.1) is 5.82 Å². The van der Waals surface area contributed by atoms with Crippen LogP contribution in [0.2, 0.25) is 5.02 Å². The molecule has 0 fully saturated rings. The van der Waals surface area contributed by atoms with Gasteiger partial charge in [0.15, 0.2) is 0 Å². The van der Waals surface area contributed by atoms with Crippen LogP contribution in [0.3, 0.4) is 0 Å². The van der Waals surface area contributed by atoms with Gasteiger partial charge < -0.3 is 5.32 Å². The predicted octanol–water partition coefficient (Wildman–Crippen LogP) is 5.84. The molecule has 0 spiro atoms. The number of rotatable bonds is 6. The molecule has 1 aliphatic rings. The third kappa shape index (κ3) is 5.90. The average molecular weight is 578 g/mol. The summed E-state index contributed by atoms with van der Waals surface area (Å²) < 4.78 is 16.1. The second-order valence-electron chi connectivity index (χ2n) is 10.6. The second kappa shape index (κ2) is 11.4. The molecule has 0 radical (unpaired) electrons. The fourth-order valence-corrected chi connectivity index (χ4v) is 6.07. The molecule has 0 aliphatic carbocycles. The van der Waals surface area contributed by atoms with E-state index in [2.05, 4.69) is 10.3 Å². The number of carbonyl (C=O) groups is 2. The Morgan fingerprint density at radius 2 is 1.88 bits per heavy atom. The lowest BCUT2D eigenvalue weighted by Crippen LogP contribution is -2.42. The van der Waals surface area contributed by atoms with E-state index in [9.17, 15) is 14.0 Å². The van der Waals surface area contributed by atoms with E-state index in [-0.39, 0.29) is 35.2 Å². The maximum absolute atomic E-state index is 14.4. The molecular formula is C30H29ClFN5O2S. The van der Waals surface area contributed by atoms with Gasteiger partial charge in [-0.1, -0.05) is 50.6 Å². The van der Waals surface area contributed by atoms with Crippen molar-refractivity contribution in [1.29, 1.82) is 0 Å². The Morgan fingerprint density at radius 1 is 1.12 bits per heavy atom. The first-order valence-electron chi connectivity index (χ1n) is 12.8. The van der Waals surface area contributed by atoms with Crippen LogP contribution in [0.1, 0.15) is 48.4 Å². The lowest BCUT2D eigenvalue weighted by molar-refractivity contribution is -0.123. The molecular weight excluding hydrogens is 549 g/mol. The van der Waals surface area contributed by atoms with E-state index >= 15 is 0 Å². The number of halogens is 2. The molecule has 2 aromatic heterocycles. The number of aromatic nitrogens is 3. The van der Waals surface area contributed by atoms with E-state index in [4.69, 9.17) is 16.7 Å². The van der Waals surface area contributed by atoms with Gasteiger partial charge in [0.1, 0.15) is 18.2 Å².